The summed E-state index contributed by atoms with van der Waals surface area (Å²) in [6, 6.07) is 15.3. The van der Waals surface area contributed by atoms with Crippen LogP contribution < -0.4 is 4.74 Å². The van der Waals surface area contributed by atoms with Crippen LogP contribution in [-0.4, -0.2) is 23.5 Å². The molecule has 1 aromatic carbocycles. The molecule has 0 aliphatic carbocycles. The average Bonchev–Trinajstić information content (AvgIpc) is 2.96. The molecule has 1 fully saturated rings. The molecule has 1 atom stereocenters. The molecule has 0 unspecified atom stereocenters. The van der Waals surface area contributed by atoms with Gasteiger partial charge < -0.3 is 4.74 Å². The number of ether oxygens (including phenoxy) is 1. The number of aromatic nitrogens is 1. The van der Waals surface area contributed by atoms with Gasteiger partial charge in [-0.3, -0.25) is 4.90 Å². The van der Waals surface area contributed by atoms with Crippen molar-refractivity contribution < 1.29 is 4.74 Å². The summed E-state index contributed by atoms with van der Waals surface area (Å²) in [6.07, 6.45) is 2.46. The van der Waals surface area contributed by atoms with Gasteiger partial charge in [0.05, 0.1) is 7.11 Å². The number of rotatable bonds is 4. The first-order chi connectivity index (χ1) is 10.3. The van der Waals surface area contributed by atoms with Crippen LogP contribution in [-0.2, 0) is 6.54 Å². The van der Waals surface area contributed by atoms with Gasteiger partial charge in [0.15, 0.2) is 0 Å². The van der Waals surface area contributed by atoms with Gasteiger partial charge in [-0.1, -0.05) is 36.4 Å². The molecule has 0 bridgehead atoms. The number of pyridine rings is 1. The van der Waals surface area contributed by atoms with Crippen molar-refractivity contribution in [2.24, 2.45) is 0 Å². The Morgan fingerprint density at radius 1 is 1.19 bits per heavy atom. The van der Waals surface area contributed by atoms with Crippen LogP contribution >= 0.6 is 0 Å². The molecule has 0 N–H and O–H groups in total. The predicted molar refractivity (Wildman–Crippen MR) is 84.4 cm³/mol. The van der Waals surface area contributed by atoms with Gasteiger partial charge in [0.1, 0.15) is 0 Å². The third-order valence-corrected chi connectivity index (χ3v) is 4.26. The molecular weight excluding hydrogens is 260 g/mol. The van der Waals surface area contributed by atoms with Gasteiger partial charge in [0, 0.05) is 24.3 Å². The van der Waals surface area contributed by atoms with Gasteiger partial charge in [0.25, 0.3) is 0 Å². The quantitative estimate of drug-likeness (QED) is 0.854. The van der Waals surface area contributed by atoms with Gasteiger partial charge in [-0.05, 0) is 37.4 Å². The molecule has 1 aliphatic rings. The number of nitrogens with zero attached hydrogens (tertiary/aromatic N) is 2. The highest BCUT2D eigenvalue weighted by molar-refractivity contribution is 5.29. The molecular formula is C18H22N2O. The Labute approximate surface area is 126 Å². The van der Waals surface area contributed by atoms with E-state index in [0.29, 0.717) is 11.9 Å². The van der Waals surface area contributed by atoms with E-state index >= 15 is 0 Å². The summed E-state index contributed by atoms with van der Waals surface area (Å²) >= 11 is 0. The summed E-state index contributed by atoms with van der Waals surface area (Å²) in [5, 5.41) is 0. The fraction of sp³-hybridized carbons (Fsp3) is 0.389. The molecule has 0 saturated carbocycles. The lowest BCUT2D eigenvalue weighted by Gasteiger charge is -2.26. The van der Waals surface area contributed by atoms with E-state index in [-0.39, 0.29) is 0 Å². The maximum Gasteiger partial charge on any atom is 0.213 e. The van der Waals surface area contributed by atoms with Gasteiger partial charge >= 0.3 is 0 Å². The molecule has 0 spiro atoms. The minimum Gasteiger partial charge on any atom is -0.481 e. The summed E-state index contributed by atoms with van der Waals surface area (Å²) < 4.78 is 5.21. The second kappa shape index (κ2) is 6.27. The molecule has 1 aromatic heterocycles. The lowest BCUT2D eigenvalue weighted by molar-refractivity contribution is 0.247. The number of benzene rings is 1. The van der Waals surface area contributed by atoms with Crippen LogP contribution in [0.25, 0.3) is 0 Å². The first-order valence-electron chi connectivity index (χ1n) is 7.57. The number of hydrogen-bond acceptors (Lipinski definition) is 3. The van der Waals surface area contributed by atoms with Crippen molar-refractivity contribution in [3.05, 3.63) is 59.3 Å². The predicted octanol–water partition coefficient (Wildman–Crippen LogP) is 3.74. The lowest BCUT2D eigenvalue weighted by Crippen LogP contribution is -2.23. The number of hydrogen-bond donors (Lipinski definition) is 0. The Morgan fingerprint density at radius 3 is 2.71 bits per heavy atom. The molecule has 0 amide bonds. The maximum atomic E-state index is 5.21. The highest BCUT2D eigenvalue weighted by Crippen LogP contribution is 2.34. The van der Waals surface area contributed by atoms with Crippen molar-refractivity contribution in [3.63, 3.8) is 0 Å². The number of methoxy groups -OCH3 is 1. The Kier molecular flexibility index (Phi) is 4.20. The zero-order valence-corrected chi connectivity index (χ0v) is 12.7. The van der Waals surface area contributed by atoms with Gasteiger partial charge in [-0.25, -0.2) is 4.98 Å². The van der Waals surface area contributed by atoms with Gasteiger partial charge in [0.2, 0.25) is 5.88 Å². The van der Waals surface area contributed by atoms with Crippen LogP contribution in [0.1, 0.15) is 35.7 Å². The number of aryl methyl sites for hydroxylation is 1. The lowest BCUT2D eigenvalue weighted by atomic mass is 10.0. The second-order valence-corrected chi connectivity index (χ2v) is 5.64. The summed E-state index contributed by atoms with van der Waals surface area (Å²) in [5.74, 6) is 0.698. The molecule has 2 aromatic rings. The van der Waals surface area contributed by atoms with E-state index in [2.05, 4.69) is 53.2 Å². The zero-order valence-electron chi connectivity index (χ0n) is 12.7. The standard InChI is InChI=1S/C18H22N2O/c1-14-16(10-11-18(19-14)21-2)17-9-6-12-20(17)13-15-7-4-3-5-8-15/h3-5,7-8,10-11,17H,6,9,12-13H2,1-2H3/t17-/m1/s1. The topological polar surface area (TPSA) is 25.4 Å². The monoisotopic (exact) mass is 282 g/mol. The van der Waals surface area contributed by atoms with E-state index in [1.165, 1.54) is 24.0 Å². The Hall–Kier alpha value is -1.87. The van der Waals surface area contributed by atoms with Crippen molar-refractivity contribution in [3.8, 4) is 5.88 Å². The van der Waals surface area contributed by atoms with Crippen molar-refractivity contribution in [1.29, 1.82) is 0 Å². The average molecular weight is 282 g/mol. The minimum atomic E-state index is 0.476. The van der Waals surface area contributed by atoms with Crippen LogP contribution in [0.4, 0.5) is 0 Å². The molecule has 110 valence electrons. The second-order valence-electron chi connectivity index (χ2n) is 5.64. The highest BCUT2D eigenvalue weighted by atomic mass is 16.5. The van der Waals surface area contributed by atoms with Crippen molar-refractivity contribution in [1.82, 2.24) is 9.88 Å². The Morgan fingerprint density at radius 2 is 2.00 bits per heavy atom. The largest absolute Gasteiger partial charge is 0.481 e. The third-order valence-electron chi connectivity index (χ3n) is 4.26. The summed E-state index contributed by atoms with van der Waals surface area (Å²) in [7, 11) is 1.67. The minimum absolute atomic E-state index is 0.476. The summed E-state index contributed by atoms with van der Waals surface area (Å²) in [4.78, 5) is 7.09. The fourth-order valence-electron chi connectivity index (χ4n) is 3.20. The Bertz CT molecular complexity index is 597. The van der Waals surface area contributed by atoms with E-state index in [9.17, 15) is 0 Å². The van der Waals surface area contributed by atoms with Crippen LogP contribution in [0, 0.1) is 6.92 Å². The van der Waals surface area contributed by atoms with E-state index in [1.807, 2.05) is 6.07 Å². The SMILES string of the molecule is COc1ccc([C@H]2CCCN2Cc2ccccc2)c(C)n1. The summed E-state index contributed by atoms with van der Waals surface area (Å²) in [5.41, 5.74) is 3.80. The van der Waals surface area contributed by atoms with Crippen molar-refractivity contribution in [2.75, 3.05) is 13.7 Å². The number of likely N-dealkylation sites (tertiary alicyclic amines) is 1. The molecule has 0 radical (unpaired) electrons. The summed E-state index contributed by atoms with van der Waals surface area (Å²) in [6.45, 7) is 4.25. The highest BCUT2D eigenvalue weighted by Gasteiger charge is 2.27. The van der Waals surface area contributed by atoms with E-state index < -0.39 is 0 Å². The van der Waals surface area contributed by atoms with E-state index in [0.717, 1.165) is 18.8 Å². The normalized spacial score (nSPS) is 18.9. The zero-order chi connectivity index (χ0) is 14.7. The molecule has 3 heteroatoms. The molecule has 2 heterocycles. The first kappa shape index (κ1) is 14.1. The fourth-order valence-corrected chi connectivity index (χ4v) is 3.20. The van der Waals surface area contributed by atoms with E-state index in [4.69, 9.17) is 4.74 Å². The molecule has 1 aliphatic heterocycles. The van der Waals surface area contributed by atoms with Crippen LogP contribution in [0.3, 0.4) is 0 Å². The maximum absolute atomic E-state index is 5.21. The van der Waals surface area contributed by atoms with Crippen molar-refractivity contribution in [2.45, 2.75) is 32.4 Å². The first-order valence-corrected chi connectivity index (χ1v) is 7.57. The van der Waals surface area contributed by atoms with E-state index in [1.54, 1.807) is 7.11 Å². The molecule has 21 heavy (non-hydrogen) atoms. The van der Waals surface area contributed by atoms with Crippen LogP contribution in [0.2, 0.25) is 0 Å². The van der Waals surface area contributed by atoms with Crippen LogP contribution in [0.15, 0.2) is 42.5 Å². The van der Waals surface area contributed by atoms with Crippen LogP contribution in [0.5, 0.6) is 5.88 Å². The smallest absolute Gasteiger partial charge is 0.213 e. The van der Waals surface area contributed by atoms with Crippen molar-refractivity contribution >= 4 is 0 Å². The Balaban J connectivity index is 1.80. The third kappa shape index (κ3) is 3.08. The molecule has 3 nitrogen and oxygen atoms in total. The molecule has 1 saturated heterocycles. The molecule has 3 rings (SSSR count). The van der Waals surface area contributed by atoms with Gasteiger partial charge in [-0.15, -0.1) is 0 Å². The van der Waals surface area contributed by atoms with Gasteiger partial charge in [-0.2, -0.15) is 0 Å².